The van der Waals surface area contributed by atoms with Gasteiger partial charge in [-0.2, -0.15) is 0 Å². The van der Waals surface area contributed by atoms with Crippen molar-refractivity contribution in [1.82, 2.24) is 9.88 Å². The lowest BCUT2D eigenvalue weighted by atomic mass is 10.00. The van der Waals surface area contributed by atoms with E-state index in [9.17, 15) is 9.59 Å². The van der Waals surface area contributed by atoms with Crippen LogP contribution in [-0.4, -0.2) is 39.5 Å². The molecule has 1 aliphatic rings. The third-order valence-corrected chi connectivity index (χ3v) is 4.10. The Kier molecular flexibility index (Phi) is 3.96. The quantitative estimate of drug-likeness (QED) is 0.912. The normalized spacial score (nSPS) is 19.8. The Labute approximate surface area is 109 Å². The number of carbonyl (C=O) groups excluding carboxylic acids is 1. The number of amides is 1. The Hall–Kier alpha value is -1.43. The van der Waals surface area contributed by atoms with Crippen molar-refractivity contribution in [2.75, 3.05) is 6.54 Å². The number of likely N-dealkylation sites (tertiary alicyclic amines) is 1. The minimum absolute atomic E-state index is 0.0478. The van der Waals surface area contributed by atoms with Crippen LogP contribution in [0.1, 0.15) is 52.9 Å². The van der Waals surface area contributed by atoms with Gasteiger partial charge in [0.15, 0.2) is 10.7 Å². The molecule has 1 fully saturated rings. The van der Waals surface area contributed by atoms with Crippen molar-refractivity contribution in [3.05, 3.63) is 16.1 Å². The van der Waals surface area contributed by atoms with E-state index < -0.39 is 5.97 Å². The molecule has 1 saturated heterocycles. The molecular weight excluding hydrogens is 252 g/mol. The molecule has 18 heavy (non-hydrogen) atoms. The molecule has 6 heteroatoms. The third-order valence-electron chi connectivity index (χ3n) is 3.27. The van der Waals surface area contributed by atoms with E-state index in [-0.39, 0.29) is 22.7 Å². The van der Waals surface area contributed by atoms with Crippen molar-refractivity contribution in [2.24, 2.45) is 0 Å². The molecule has 0 aliphatic carbocycles. The molecule has 1 N–H and O–H groups in total. The lowest BCUT2D eigenvalue weighted by Gasteiger charge is -2.34. The van der Waals surface area contributed by atoms with E-state index in [1.54, 1.807) is 0 Å². The highest BCUT2D eigenvalue weighted by Gasteiger charge is 2.28. The Balaban J connectivity index is 2.15. The van der Waals surface area contributed by atoms with Crippen molar-refractivity contribution < 1.29 is 14.7 Å². The van der Waals surface area contributed by atoms with E-state index in [1.807, 2.05) is 4.90 Å². The van der Waals surface area contributed by atoms with Crippen LogP contribution in [0, 0.1) is 0 Å². The minimum Gasteiger partial charge on any atom is -0.476 e. The average molecular weight is 268 g/mol. The van der Waals surface area contributed by atoms with Crippen molar-refractivity contribution in [3.63, 3.8) is 0 Å². The van der Waals surface area contributed by atoms with E-state index in [2.05, 4.69) is 11.9 Å². The van der Waals surface area contributed by atoms with Crippen LogP contribution >= 0.6 is 11.3 Å². The maximum atomic E-state index is 12.3. The van der Waals surface area contributed by atoms with Gasteiger partial charge in [0.2, 0.25) is 0 Å². The summed E-state index contributed by atoms with van der Waals surface area (Å²) in [7, 11) is 0. The molecule has 1 aromatic rings. The number of aromatic carboxylic acids is 1. The van der Waals surface area contributed by atoms with Gasteiger partial charge >= 0.3 is 5.97 Å². The summed E-state index contributed by atoms with van der Waals surface area (Å²) in [4.78, 5) is 28.8. The van der Waals surface area contributed by atoms with Crippen LogP contribution in [0.2, 0.25) is 0 Å². The zero-order valence-electron chi connectivity index (χ0n) is 10.3. The number of aromatic nitrogens is 1. The van der Waals surface area contributed by atoms with Crippen LogP contribution in [0.25, 0.3) is 0 Å². The van der Waals surface area contributed by atoms with Gasteiger partial charge in [-0.05, 0) is 25.7 Å². The number of thiazole rings is 1. The molecule has 0 aromatic carbocycles. The monoisotopic (exact) mass is 268 g/mol. The maximum absolute atomic E-state index is 12.3. The predicted octanol–water partition coefficient (Wildman–Crippen LogP) is 2.25. The SMILES string of the molecule is CCC1CCCCN1C(=O)c1nc(C(=O)O)cs1. The summed E-state index contributed by atoms with van der Waals surface area (Å²) in [6.45, 7) is 2.82. The van der Waals surface area contributed by atoms with Gasteiger partial charge in [0.25, 0.3) is 5.91 Å². The Morgan fingerprint density at radius 1 is 1.56 bits per heavy atom. The molecule has 0 spiro atoms. The lowest BCUT2D eigenvalue weighted by molar-refractivity contribution is 0.0607. The average Bonchev–Trinajstić information content (AvgIpc) is 2.87. The number of hydrogen-bond acceptors (Lipinski definition) is 4. The first-order valence-electron chi connectivity index (χ1n) is 6.13. The molecule has 0 radical (unpaired) electrons. The molecule has 1 aromatic heterocycles. The van der Waals surface area contributed by atoms with Gasteiger partial charge in [-0.15, -0.1) is 11.3 Å². The van der Waals surface area contributed by atoms with Gasteiger partial charge < -0.3 is 10.0 Å². The molecule has 1 atom stereocenters. The van der Waals surface area contributed by atoms with Gasteiger partial charge in [0.05, 0.1) is 0 Å². The fourth-order valence-corrected chi connectivity index (χ4v) is 3.03. The zero-order chi connectivity index (χ0) is 13.1. The lowest BCUT2D eigenvalue weighted by Crippen LogP contribution is -2.43. The van der Waals surface area contributed by atoms with Gasteiger partial charge in [-0.1, -0.05) is 6.92 Å². The second kappa shape index (κ2) is 5.48. The van der Waals surface area contributed by atoms with Crippen LogP contribution in [0.5, 0.6) is 0 Å². The van der Waals surface area contributed by atoms with E-state index in [4.69, 9.17) is 5.11 Å². The Bertz CT molecular complexity index is 458. The first-order chi connectivity index (χ1) is 8.63. The smallest absolute Gasteiger partial charge is 0.355 e. The number of piperidine rings is 1. The van der Waals surface area contributed by atoms with Crippen LogP contribution in [0.15, 0.2) is 5.38 Å². The molecule has 0 bridgehead atoms. The highest BCUT2D eigenvalue weighted by Crippen LogP contribution is 2.23. The number of rotatable bonds is 3. The molecular formula is C12H16N2O3S. The standard InChI is InChI=1S/C12H16N2O3S/c1-2-8-5-3-4-6-14(8)11(15)10-13-9(7-18-10)12(16)17/h7-8H,2-6H2,1H3,(H,16,17). The van der Waals surface area contributed by atoms with E-state index >= 15 is 0 Å². The molecule has 2 heterocycles. The summed E-state index contributed by atoms with van der Waals surface area (Å²) in [5.74, 6) is -1.21. The molecule has 5 nitrogen and oxygen atoms in total. The van der Waals surface area contributed by atoms with E-state index in [0.29, 0.717) is 0 Å². The zero-order valence-corrected chi connectivity index (χ0v) is 11.1. The largest absolute Gasteiger partial charge is 0.476 e. The van der Waals surface area contributed by atoms with Gasteiger partial charge in [0, 0.05) is 18.0 Å². The summed E-state index contributed by atoms with van der Waals surface area (Å²) >= 11 is 1.11. The molecule has 0 saturated carbocycles. The summed E-state index contributed by atoms with van der Waals surface area (Å²) < 4.78 is 0. The molecule has 1 unspecified atom stereocenters. The first kappa shape index (κ1) is 13.0. The number of carbonyl (C=O) groups is 2. The maximum Gasteiger partial charge on any atom is 0.355 e. The van der Waals surface area contributed by atoms with Crippen molar-refractivity contribution in [3.8, 4) is 0 Å². The minimum atomic E-state index is -1.09. The van der Waals surface area contributed by atoms with Crippen LogP contribution in [0.4, 0.5) is 0 Å². The van der Waals surface area contributed by atoms with Gasteiger partial charge in [-0.25, -0.2) is 9.78 Å². The van der Waals surface area contributed by atoms with Gasteiger partial charge in [0.1, 0.15) is 0 Å². The van der Waals surface area contributed by atoms with Crippen molar-refractivity contribution >= 4 is 23.2 Å². The van der Waals surface area contributed by atoms with Crippen molar-refractivity contribution in [1.29, 1.82) is 0 Å². The summed E-state index contributed by atoms with van der Waals surface area (Å²) in [6.07, 6.45) is 4.13. The fourth-order valence-electron chi connectivity index (χ4n) is 2.29. The molecule has 98 valence electrons. The summed E-state index contributed by atoms with van der Waals surface area (Å²) in [6, 6.07) is 0.267. The molecule has 1 aliphatic heterocycles. The van der Waals surface area contributed by atoms with E-state index in [1.165, 1.54) is 5.38 Å². The van der Waals surface area contributed by atoms with E-state index in [0.717, 1.165) is 43.6 Å². The Morgan fingerprint density at radius 3 is 2.94 bits per heavy atom. The number of carboxylic acids is 1. The van der Waals surface area contributed by atoms with Crippen LogP contribution in [0.3, 0.4) is 0 Å². The first-order valence-corrected chi connectivity index (χ1v) is 7.01. The second-order valence-corrected chi connectivity index (χ2v) is 5.26. The van der Waals surface area contributed by atoms with Crippen LogP contribution < -0.4 is 0 Å². The summed E-state index contributed by atoms with van der Waals surface area (Å²) in [5, 5.41) is 10.5. The third kappa shape index (κ3) is 2.53. The highest BCUT2D eigenvalue weighted by atomic mass is 32.1. The predicted molar refractivity (Wildman–Crippen MR) is 68.0 cm³/mol. The molecule has 2 rings (SSSR count). The number of nitrogens with zero attached hydrogens (tertiary/aromatic N) is 2. The van der Waals surface area contributed by atoms with Crippen molar-refractivity contribution in [2.45, 2.75) is 38.6 Å². The Morgan fingerprint density at radius 2 is 2.33 bits per heavy atom. The highest BCUT2D eigenvalue weighted by molar-refractivity contribution is 7.11. The fraction of sp³-hybridized carbons (Fsp3) is 0.583. The number of carboxylic acid groups (broad SMARTS) is 1. The number of hydrogen-bond donors (Lipinski definition) is 1. The topological polar surface area (TPSA) is 70.5 Å². The summed E-state index contributed by atoms with van der Waals surface area (Å²) in [5.41, 5.74) is -0.0478. The second-order valence-electron chi connectivity index (χ2n) is 4.40. The van der Waals surface area contributed by atoms with Gasteiger partial charge in [-0.3, -0.25) is 4.79 Å². The molecule has 1 amide bonds. The van der Waals surface area contributed by atoms with Crippen LogP contribution in [-0.2, 0) is 0 Å².